The predicted molar refractivity (Wildman–Crippen MR) is 63.2 cm³/mol. The Morgan fingerprint density at radius 3 is 2.39 bits per heavy atom. The van der Waals surface area contributed by atoms with E-state index in [0.717, 1.165) is 13.2 Å². The van der Waals surface area contributed by atoms with Crippen molar-refractivity contribution < 1.29 is 31.1 Å². The van der Waals surface area contributed by atoms with Gasteiger partial charge >= 0.3 is 6.36 Å². The van der Waals surface area contributed by atoms with Crippen LogP contribution in [0.5, 0.6) is 11.6 Å². The van der Waals surface area contributed by atoms with Crippen molar-refractivity contribution in [1.29, 1.82) is 0 Å². The summed E-state index contributed by atoms with van der Waals surface area (Å²) in [5.41, 5.74) is 0. The van der Waals surface area contributed by atoms with Crippen molar-refractivity contribution in [3.63, 3.8) is 0 Å². The second-order valence-electron chi connectivity index (χ2n) is 2.77. The molecule has 102 valence electrons. The van der Waals surface area contributed by atoms with Crippen molar-refractivity contribution in [3.05, 3.63) is 9.64 Å². The second kappa shape index (κ2) is 5.25. The van der Waals surface area contributed by atoms with E-state index in [1.165, 1.54) is 22.6 Å². The van der Waals surface area contributed by atoms with Gasteiger partial charge in [0, 0.05) is 16.7 Å². The smallest absolute Gasteiger partial charge is 0.494 e. The van der Waals surface area contributed by atoms with Crippen LogP contribution in [0.1, 0.15) is 0 Å². The van der Waals surface area contributed by atoms with Crippen LogP contribution in [0.25, 0.3) is 0 Å². The summed E-state index contributed by atoms with van der Waals surface area (Å²) in [6.45, 7) is 0. The molecule has 0 bridgehead atoms. The number of aromatic nitrogens is 1. The monoisotopic (exact) mass is 417 g/mol. The largest absolute Gasteiger partial charge is 0.574 e. The fourth-order valence-electron chi connectivity index (χ4n) is 0.941. The third kappa shape index (κ3) is 4.02. The average molecular weight is 418 g/mol. The Morgan fingerprint density at radius 1 is 1.44 bits per heavy atom. The number of pyridine rings is 1. The van der Waals surface area contributed by atoms with Gasteiger partial charge in [-0.2, -0.15) is 4.98 Å². The maximum Gasteiger partial charge on any atom is 0.574 e. The molecular formula is C7H4ClF3INO4S. The summed E-state index contributed by atoms with van der Waals surface area (Å²) >= 11 is 1.49. The molecule has 5 nitrogen and oxygen atoms in total. The van der Waals surface area contributed by atoms with E-state index in [-0.39, 0.29) is 9.32 Å². The SMILES string of the molecule is COc1cc(I)c(OC(F)(F)F)nc1S(=O)(=O)Cl. The third-order valence-corrected chi connectivity index (χ3v) is 3.50. The number of methoxy groups -OCH3 is 1. The number of rotatable bonds is 3. The van der Waals surface area contributed by atoms with Gasteiger partial charge in [-0.25, -0.2) is 8.42 Å². The number of ether oxygens (including phenoxy) is 2. The van der Waals surface area contributed by atoms with E-state index in [0.29, 0.717) is 0 Å². The Kier molecular flexibility index (Phi) is 4.54. The van der Waals surface area contributed by atoms with Gasteiger partial charge in [0.15, 0.2) is 5.75 Å². The molecule has 0 aliphatic carbocycles. The van der Waals surface area contributed by atoms with Gasteiger partial charge in [-0.3, -0.25) is 0 Å². The van der Waals surface area contributed by atoms with Crippen LogP contribution in [0, 0.1) is 3.57 Å². The highest BCUT2D eigenvalue weighted by atomic mass is 127. The average Bonchev–Trinajstić information content (AvgIpc) is 2.16. The first kappa shape index (κ1) is 15.6. The van der Waals surface area contributed by atoms with Gasteiger partial charge in [-0.05, 0) is 22.6 Å². The van der Waals surface area contributed by atoms with E-state index >= 15 is 0 Å². The van der Waals surface area contributed by atoms with Crippen molar-refractivity contribution in [2.75, 3.05) is 7.11 Å². The summed E-state index contributed by atoms with van der Waals surface area (Å²) in [5, 5.41) is -0.841. The van der Waals surface area contributed by atoms with Crippen LogP contribution in [0.15, 0.2) is 11.1 Å². The lowest BCUT2D eigenvalue weighted by atomic mass is 10.4. The molecule has 0 saturated heterocycles. The van der Waals surface area contributed by atoms with Gasteiger partial charge in [-0.15, -0.1) is 13.2 Å². The van der Waals surface area contributed by atoms with Crippen LogP contribution in [0.3, 0.4) is 0 Å². The van der Waals surface area contributed by atoms with E-state index < -0.39 is 26.3 Å². The van der Waals surface area contributed by atoms with Crippen molar-refractivity contribution in [3.8, 4) is 11.6 Å². The summed E-state index contributed by atoms with van der Waals surface area (Å²) in [7, 11) is 1.80. The fraction of sp³-hybridized carbons (Fsp3) is 0.286. The molecule has 0 atom stereocenters. The Bertz CT molecular complexity index is 563. The molecule has 0 aliphatic rings. The third-order valence-electron chi connectivity index (χ3n) is 1.54. The van der Waals surface area contributed by atoms with Crippen molar-refractivity contribution in [1.82, 2.24) is 4.98 Å². The highest BCUT2D eigenvalue weighted by Crippen LogP contribution is 2.33. The van der Waals surface area contributed by atoms with Crippen molar-refractivity contribution >= 4 is 42.3 Å². The van der Waals surface area contributed by atoms with Gasteiger partial charge in [-0.1, -0.05) is 0 Å². The molecule has 1 heterocycles. The lowest BCUT2D eigenvalue weighted by Gasteiger charge is -2.12. The zero-order valence-electron chi connectivity index (χ0n) is 8.46. The van der Waals surface area contributed by atoms with E-state index in [9.17, 15) is 21.6 Å². The lowest BCUT2D eigenvalue weighted by molar-refractivity contribution is -0.276. The zero-order valence-corrected chi connectivity index (χ0v) is 12.2. The molecule has 11 heteroatoms. The van der Waals surface area contributed by atoms with Crippen LogP contribution in [-0.4, -0.2) is 26.9 Å². The first-order valence-electron chi connectivity index (χ1n) is 3.99. The highest BCUT2D eigenvalue weighted by Gasteiger charge is 2.34. The topological polar surface area (TPSA) is 65.5 Å². The maximum atomic E-state index is 12.1. The summed E-state index contributed by atoms with van der Waals surface area (Å²) < 4.78 is 66.6. The summed E-state index contributed by atoms with van der Waals surface area (Å²) in [6.07, 6.45) is -4.99. The number of hydrogen-bond acceptors (Lipinski definition) is 5. The molecule has 1 rings (SSSR count). The minimum absolute atomic E-state index is 0.0779. The first-order chi connectivity index (χ1) is 8.04. The molecule has 0 aromatic carbocycles. The molecule has 1 aromatic heterocycles. The Labute approximate surface area is 118 Å². The molecule has 0 radical (unpaired) electrons. The van der Waals surface area contributed by atoms with Crippen molar-refractivity contribution in [2.24, 2.45) is 0 Å². The highest BCUT2D eigenvalue weighted by molar-refractivity contribution is 14.1. The van der Waals surface area contributed by atoms with Gasteiger partial charge in [0.2, 0.25) is 10.9 Å². The van der Waals surface area contributed by atoms with Gasteiger partial charge in [0.25, 0.3) is 9.05 Å². The lowest BCUT2D eigenvalue weighted by Crippen LogP contribution is -2.19. The maximum absolute atomic E-state index is 12.1. The standard InChI is InChI=1S/C7H4ClF3INO4S/c1-16-4-2-3(12)5(17-7(9,10)11)13-6(4)18(8,14)15/h2H,1H3. The summed E-state index contributed by atoms with van der Waals surface area (Å²) in [4.78, 5) is 3.21. The molecule has 0 amide bonds. The number of alkyl halides is 3. The molecule has 0 saturated carbocycles. The molecule has 0 fully saturated rings. The molecule has 1 aromatic rings. The Hall–Kier alpha value is -0.490. The van der Waals surface area contributed by atoms with Crippen LogP contribution in [-0.2, 0) is 9.05 Å². The quantitative estimate of drug-likeness (QED) is 0.559. The Morgan fingerprint density at radius 2 is 2.00 bits per heavy atom. The second-order valence-corrected chi connectivity index (χ2v) is 6.41. The summed E-state index contributed by atoms with van der Waals surface area (Å²) in [5.74, 6) is -1.19. The van der Waals surface area contributed by atoms with Gasteiger partial charge in [0.05, 0.1) is 10.7 Å². The molecule has 0 unspecified atom stereocenters. The van der Waals surface area contributed by atoms with Gasteiger partial charge in [0.1, 0.15) is 0 Å². The van der Waals surface area contributed by atoms with Gasteiger partial charge < -0.3 is 9.47 Å². The van der Waals surface area contributed by atoms with E-state index in [1.807, 2.05) is 0 Å². The number of nitrogens with zero attached hydrogens (tertiary/aromatic N) is 1. The van der Waals surface area contributed by atoms with E-state index in [4.69, 9.17) is 10.7 Å². The van der Waals surface area contributed by atoms with Crippen molar-refractivity contribution in [2.45, 2.75) is 11.4 Å². The minimum Gasteiger partial charge on any atom is -0.494 e. The normalized spacial score (nSPS) is 12.3. The molecule has 18 heavy (non-hydrogen) atoms. The molecule has 0 spiro atoms. The van der Waals surface area contributed by atoms with Crippen LogP contribution < -0.4 is 9.47 Å². The summed E-state index contributed by atoms with van der Waals surface area (Å²) in [6, 6.07) is 1.02. The first-order valence-corrected chi connectivity index (χ1v) is 7.38. The number of hydrogen-bond donors (Lipinski definition) is 0. The zero-order chi connectivity index (χ0) is 14.1. The Balaban J connectivity index is 3.40. The van der Waals surface area contributed by atoms with E-state index in [1.54, 1.807) is 0 Å². The van der Waals surface area contributed by atoms with Crippen LogP contribution in [0.4, 0.5) is 13.2 Å². The molecule has 0 N–H and O–H groups in total. The molecule has 0 aliphatic heterocycles. The minimum atomic E-state index is -4.99. The van der Waals surface area contributed by atoms with Crippen LogP contribution >= 0.6 is 33.3 Å². The fourth-order valence-corrected chi connectivity index (χ4v) is 2.36. The predicted octanol–water partition coefficient (Wildman–Crippen LogP) is 2.52. The van der Waals surface area contributed by atoms with E-state index in [2.05, 4.69) is 14.5 Å². The van der Waals surface area contributed by atoms with Crippen LogP contribution in [0.2, 0.25) is 0 Å². The molecular weight excluding hydrogens is 413 g/mol. The number of halogens is 5.